The molecule has 0 fully saturated rings. The molecule has 0 aliphatic carbocycles. The van der Waals surface area contributed by atoms with Gasteiger partial charge in [-0.25, -0.2) is 4.39 Å². The van der Waals surface area contributed by atoms with Crippen molar-refractivity contribution in [1.82, 2.24) is 0 Å². The SMILES string of the molecule is CCOc1c(F)cc([C@H](N)CCC(C)C)cc1Cl.Cl. The molecule has 0 aromatic heterocycles. The van der Waals surface area contributed by atoms with Crippen molar-refractivity contribution in [1.29, 1.82) is 0 Å². The van der Waals surface area contributed by atoms with Crippen LogP contribution in [0.2, 0.25) is 5.02 Å². The van der Waals surface area contributed by atoms with E-state index in [9.17, 15) is 4.39 Å². The van der Waals surface area contributed by atoms with Gasteiger partial charge in [-0.2, -0.15) is 0 Å². The van der Waals surface area contributed by atoms with Gasteiger partial charge in [0, 0.05) is 6.04 Å². The van der Waals surface area contributed by atoms with E-state index in [0.717, 1.165) is 18.4 Å². The Kier molecular flexibility index (Phi) is 8.39. The summed E-state index contributed by atoms with van der Waals surface area (Å²) in [5.41, 5.74) is 6.76. The maximum Gasteiger partial charge on any atom is 0.173 e. The Morgan fingerprint density at radius 2 is 1.95 bits per heavy atom. The van der Waals surface area contributed by atoms with Crippen molar-refractivity contribution in [2.45, 2.75) is 39.7 Å². The van der Waals surface area contributed by atoms with Gasteiger partial charge in [-0.15, -0.1) is 12.4 Å². The molecule has 0 saturated heterocycles. The van der Waals surface area contributed by atoms with Crippen LogP contribution in [-0.4, -0.2) is 6.61 Å². The number of benzene rings is 1. The van der Waals surface area contributed by atoms with Gasteiger partial charge in [-0.3, -0.25) is 0 Å². The average Bonchev–Trinajstić information content (AvgIpc) is 2.30. The van der Waals surface area contributed by atoms with E-state index in [2.05, 4.69) is 13.8 Å². The van der Waals surface area contributed by atoms with E-state index in [1.807, 2.05) is 0 Å². The lowest BCUT2D eigenvalue weighted by Gasteiger charge is -2.15. The Bertz CT molecular complexity index is 376. The molecule has 0 radical (unpaired) electrons. The van der Waals surface area contributed by atoms with Crippen LogP contribution in [0.25, 0.3) is 0 Å². The van der Waals surface area contributed by atoms with Crippen molar-refractivity contribution in [2.75, 3.05) is 6.61 Å². The highest BCUT2D eigenvalue weighted by atomic mass is 35.5. The zero-order valence-electron chi connectivity index (χ0n) is 11.6. The van der Waals surface area contributed by atoms with Gasteiger partial charge in [-0.1, -0.05) is 25.4 Å². The first-order valence-corrected chi connectivity index (χ1v) is 6.70. The van der Waals surface area contributed by atoms with Crippen molar-refractivity contribution in [2.24, 2.45) is 11.7 Å². The molecular weight excluding hydrogens is 288 g/mol. The van der Waals surface area contributed by atoms with Crippen molar-refractivity contribution >= 4 is 24.0 Å². The summed E-state index contributed by atoms with van der Waals surface area (Å²) in [6, 6.07) is 2.93. The van der Waals surface area contributed by atoms with E-state index in [0.29, 0.717) is 12.5 Å². The van der Waals surface area contributed by atoms with Gasteiger partial charge in [0.25, 0.3) is 0 Å². The highest BCUT2D eigenvalue weighted by Gasteiger charge is 2.15. The van der Waals surface area contributed by atoms with Crippen LogP contribution in [0, 0.1) is 11.7 Å². The molecule has 1 atom stereocenters. The second-order valence-corrected chi connectivity index (χ2v) is 5.23. The first kappa shape index (κ1) is 18.5. The molecule has 0 saturated carbocycles. The number of ether oxygens (including phenoxy) is 1. The van der Waals surface area contributed by atoms with Crippen LogP contribution in [0.3, 0.4) is 0 Å². The van der Waals surface area contributed by atoms with Gasteiger partial charge < -0.3 is 10.5 Å². The summed E-state index contributed by atoms with van der Waals surface area (Å²) in [5.74, 6) is 0.248. The molecule has 0 bridgehead atoms. The summed E-state index contributed by atoms with van der Waals surface area (Å²) in [7, 11) is 0. The largest absolute Gasteiger partial charge is 0.489 e. The normalized spacial score (nSPS) is 12.2. The van der Waals surface area contributed by atoms with Gasteiger partial charge >= 0.3 is 0 Å². The molecule has 5 heteroatoms. The molecule has 0 aliphatic rings. The Hall–Kier alpha value is -0.510. The van der Waals surface area contributed by atoms with Crippen molar-refractivity contribution in [3.8, 4) is 5.75 Å². The summed E-state index contributed by atoms with van der Waals surface area (Å²) in [5, 5.41) is 0.284. The third kappa shape index (κ3) is 5.55. The summed E-state index contributed by atoms with van der Waals surface area (Å²) >= 11 is 6.00. The number of rotatable bonds is 6. The van der Waals surface area contributed by atoms with Crippen molar-refractivity contribution < 1.29 is 9.13 Å². The minimum absolute atomic E-state index is 0. The zero-order chi connectivity index (χ0) is 13.7. The highest BCUT2D eigenvalue weighted by molar-refractivity contribution is 6.32. The Labute approximate surface area is 125 Å². The van der Waals surface area contributed by atoms with E-state index in [4.69, 9.17) is 22.1 Å². The topological polar surface area (TPSA) is 35.2 Å². The van der Waals surface area contributed by atoms with Crippen LogP contribution in [0.5, 0.6) is 5.75 Å². The summed E-state index contributed by atoms with van der Waals surface area (Å²) in [6.07, 6.45) is 1.83. The maximum absolute atomic E-state index is 13.8. The van der Waals surface area contributed by atoms with E-state index < -0.39 is 5.82 Å². The van der Waals surface area contributed by atoms with E-state index in [-0.39, 0.29) is 29.2 Å². The molecule has 1 aromatic carbocycles. The molecule has 0 heterocycles. The van der Waals surface area contributed by atoms with Gasteiger partial charge in [0.1, 0.15) is 0 Å². The van der Waals surface area contributed by atoms with Crippen molar-refractivity contribution in [3.05, 3.63) is 28.5 Å². The third-order valence-electron chi connectivity index (χ3n) is 2.79. The Balaban J connectivity index is 0.00000324. The lowest BCUT2D eigenvalue weighted by Crippen LogP contribution is -2.12. The molecule has 110 valence electrons. The first-order chi connectivity index (χ1) is 8.45. The molecule has 19 heavy (non-hydrogen) atoms. The fourth-order valence-corrected chi connectivity index (χ4v) is 2.03. The monoisotopic (exact) mass is 309 g/mol. The molecule has 0 spiro atoms. The van der Waals surface area contributed by atoms with Crippen molar-refractivity contribution in [3.63, 3.8) is 0 Å². The number of nitrogens with two attached hydrogens (primary N) is 1. The quantitative estimate of drug-likeness (QED) is 0.824. The zero-order valence-corrected chi connectivity index (χ0v) is 13.2. The van der Waals surface area contributed by atoms with E-state index >= 15 is 0 Å². The predicted molar refractivity (Wildman–Crippen MR) is 80.8 cm³/mol. The maximum atomic E-state index is 13.8. The molecule has 1 rings (SSSR count). The van der Waals surface area contributed by atoms with Crippen LogP contribution in [0.15, 0.2) is 12.1 Å². The first-order valence-electron chi connectivity index (χ1n) is 6.33. The molecule has 0 aliphatic heterocycles. The highest BCUT2D eigenvalue weighted by Crippen LogP contribution is 2.32. The summed E-state index contributed by atoms with van der Waals surface area (Å²) in [4.78, 5) is 0. The number of halogens is 3. The Morgan fingerprint density at radius 1 is 1.32 bits per heavy atom. The number of hydrogen-bond donors (Lipinski definition) is 1. The van der Waals surface area contributed by atoms with Gasteiger partial charge in [0.05, 0.1) is 11.6 Å². The fraction of sp³-hybridized carbons (Fsp3) is 0.571. The molecule has 2 nitrogen and oxygen atoms in total. The molecule has 0 amide bonds. The Morgan fingerprint density at radius 3 is 2.42 bits per heavy atom. The molecule has 2 N–H and O–H groups in total. The van der Waals surface area contributed by atoms with Gasteiger partial charge in [-0.05, 0) is 43.4 Å². The lowest BCUT2D eigenvalue weighted by atomic mass is 9.98. The van der Waals surface area contributed by atoms with Crippen LogP contribution in [0.4, 0.5) is 4.39 Å². The fourth-order valence-electron chi connectivity index (χ4n) is 1.76. The standard InChI is InChI=1S/C14H21ClFNO.ClH/c1-4-18-14-11(15)7-10(8-12(14)16)13(17)6-5-9(2)3;/h7-9,13H,4-6,17H2,1-3H3;1H/t13-;/m1./s1. The smallest absolute Gasteiger partial charge is 0.173 e. The van der Waals surface area contributed by atoms with Crippen LogP contribution >= 0.6 is 24.0 Å². The predicted octanol–water partition coefficient (Wildman–Crippen LogP) is 4.74. The van der Waals surface area contributed by atoms with Gasteiger partial charge in [0.15, 0.2) is 11.6 Å². The third-order valence-corrected chi connectivity index (χ3v) is 3.07. The summed E-state index contributed by atoms with van der Waals surface area (Å²) < 4.78 is 18.9. The van der Waals surface area contributed by atoms with Crippen LogP contribution in [0.1, 0.15) is 45.2 Å². The second-order valence-electron chi connectivity index (χ2n) is 4.82. The minimum atomic E-state index is -0.445. The second kappa shape index (κ2) is 8.62. The van der Waals surface area contributed by atoms with Crippen LogP contribution in [-0.2, 0) is 0 Å². The molecule has 0 unspecified atom stereocenters. The van der Waals surface area contributed by atoms with Gasteiger partial charge in [0.2, 0.25) is 0 Å². The van der Waals surface area contributed by atoms with E-state index in [1.54, 1.807) is 13.0 Å². The minimum Gasteiger partial charge on any atom is -0.489 e. The van der Waals surface area contributed by atoms with Crippen LogP contribution < -0.4 is 10.5 Å². The average molecular weight is 310 g/mol. The molecule has 1 aromatic rings. The lowest BCUT2D eigenvalue weighted by molar-refractivity contribution is 0.321. The number of hydrogen-bond acceptors (Lipinski definition) is 2. The molecular formula is C14H22Cl2FNO. The van der Waals surface area contributed by atoms with E-state index in [1.165, 1.54) is 6.07 Å². The summed E-state index contributed by atoms with van der Waals surface area (Å²) in [6.45, 7) is 6.45.